The van der Waals surface area contributed by atoms with E-state index in [0.29, 0.717) is 17.2 Å². The van der Waals surface area contributed by atoms with E-state index >= 15 is 0 Å². The van der Waals surface area contributed by atoms with Crippen LogP contribution in [0.1, 0.15) is 40.9 Å². The molecule has 0 unspecified atom stereocenters. The number of carboxylic acids is 1. The van der Waals surface area contributed by atoms with E-state index in [9.17, 15) is 32.3 Å². The van der Waals surface area contributed by atoms with E-state index in [1.54, 1.807) is 0 Å². The number of aliphatic carboxylic acids is 1. The van der Waals surface area contributed by atoms with Gasteiger partial charge in [0.15, 0.2) is 5.60 Å². The maximum atomic E-state index is 14.3. The average Bonchev–Trinajstić information content (AvgIpc) is 2.82. The third-order valence-electron chi connectivity index (χ3n) is 5.24. The first-order chi connectivity index (χ1) is 17.7. The maximum absolute atomic E-state index is 14.3. The molecule has 0 atom stereocenters. The van der Waals surface area contributed by atoms with Crippen molar-refractivity contribution < 1.29 is 41.7 Å². The molecule has 2 N–H and O–H groups in total. The van der Waals surface area contributed by atoms with Gasteiger partial charge in [0.2, 0.25) is 0 Å². The van der Waals surface area contributed by atoms with E-state index in [1.165, 1.54) is 44.2 Å². The third kappa shape index (κ3) is 7.04. The van der Waals surface area contributed by atoms with Crippen molar-refractivity contribution >= 4 is 29.6 Å². The number of ether oxygens (including phenoxy) is 2. The second-order valence-electron chi connectivity index (χ2n) is 8.59. The van der Waals surface area contributed by atoms with Crippen molar-refractivity contribution in [2.45, 2.75) is 32.2 Å². The highest BCUT2D eigenvalue weighted by molar-refractivity contribution is 6.33. The molecular formula is C27H22ClF4NO5. The van der Waals surface area contributed by atoms with Crippen LogP contribution in [-0.2, 0) is 17.5 Å². The summed E-state index contributed by atoms with van der Waals surface area (Å²) in [6, 6.07) is 10.6. The molecule has 0 radical (unpaired) electrons. The van der Waals surface area contributed by atoms with Gasteiger partial charge in [-0.25, -0.2) is 9.18 Å². The second-order valence-corrected chi connectivity index (χ2v) is 9.00. The Kier molecular flexibility index (Phi) is 8.36. The van der Waals surface area contributed by atoms with Crippen molar-refractivity contribution in [3.05, 3.63) is 94.3 Å². The number of rotatable bonds is 9. The Morgan fingerprint density at radius 1 is 1.05 bits per heavy atom. The van der Waals surface area contributed by atoms with Crippen LogP contribution < -0.4 is 14.8 Å². The molecule has 38 heavy (non-hydrogen) atoms. The van der Waals surface area contributed by atoms with Crippen LogP contribution in [0.4, 0.5) is 17.6 Å². The normalized spacial score (nSPS) is 11.6. The van der Waals surface area contributed by atoms with E-state index < -0.39 is 35.0 Å². The zero-order valence-corrected chi connectivity index (χ0v) is 20.9. The number of carboxylic acid groups (broad SMARTS) is 1. The average molecular weight is 552 g/mol. The lowest BCUT2D eigenvalue weighted by Gasteiger charge is -2.23. The van der Waals surface area contributed by atoms with E-state index in [2.05, 4.69) is 11.9 Å². The van der Waals surface area contributed by atoms with Gasteiger partial charge in [0.05, 0.1) is 16.1 Å². The largest absolute Gasteiger partial charge is 0.478 e. The molecule has 11 heteroatoms. The molecule has 0 aromatic heterocycles. The molecule has 0 bridgehead atoms. The van der Waals surface area contributed by atoms with Crippen LogP contribution in [0.5, 0.6) is 17.2 Å². The fourth-order valence-electron chi connectivity index (χ4n) is 3.23. The van der Waals surface area contributed by atoms with Gasteiger partial charge in [0.25, 0.3) is 5.91 Å². The van der Waals surface area contributed by atoms with E-state index in [-0.39, 0.29) is 34.4 Å². The number of benzene rings is 3. The van der Waals surface area contributed by atoms with Crippen LogP contribution in [0.3, 0.4) is 0 Å². The first-order valence-electron chi connectivity index (χ1n) is 11.0. The van der Waals surface area contributed by atoms with Crippen molar-refractivity contribution in [1.29, 1.82) is 0 Å². The Morgan fingerprint density at radius 3 is 2.37 bits per heavy atom. The van der Waals surface area contributed by atoms with E-state index in [4.69, 9.17) is 21.1 Å². The molecule has 3 rings (SSSR count). The van der Waals surface area contributed by atoms with Crippen molar-refractivity contribution in [3.63, 3.8) is 0 Å². The molecule has 3 aromatic carbocycles. The van der Waals surface area contributed by atoms with Gasteiger partial charge in [-0.05, 0) is 67.9 Å². The Bertz CT molecular complexity index is 1390. The Hall–Kier alpha value is -4.05. The molecule has 6 nitrogen and oxygen atoms in total. The summed E-state index contributed by atoms with van der Waals surface area (Å²) in [5.41, 5.74) is -1.90. The van der Waals surface area contributed by atoms with E-state index in [1.807, 2.05) is 0 Å². The second kappa shape index (κ2) is 11.1. The SMILES string of the molecule is C=Cc1cc(Oc2cc(F)cc(CNC(=O)c3ccc(C(F)(F)F)cc3Cl)c2)ccc1OC(C)(C)C(=O)O. The molecule has 200 valence electrons. The number of hydrogen-bond donors (Lipinski definition) is 2. The van der Waals surface area contributed by atoms with Crippen LogP contribution >= 0.6 is 11.6 Å². The molecule has 0 aliphatic heterocycles. The van der Waals surface area contributed by atoms with E-state index in [0.717, 1.165) is 24.3 Å². The number of carbonyl (C=O) groups is 2. The molecule has 0 saturated heterocycles. The van der Waals surface area contributed by atoms with Gasteiger partial charge in [-0.3, -0.25) is 4.79 Å². The summed E-state index contributed by atoms with van der Waals surface area (Å²) in [5.74, 6) is -1.94. The Labute approximate surface area is 220 Å². The van der Waals surface area contributed by atoms with Gasteiger partial charge in [-0.1, -0.05) is 24.3 Å². The lowest BCUT2D eigenvalue weighted by Crippen LogP contribution is -2.38. The smallest absolute Gasteiger partial charge is 0.416 e. The predicted octanol–water partition coefficient (Wildman–Crippen LogP) is 7.11. The first-order valence-corrected chi connectivity index (χ1v) is 11.4. The molecule has 3 aromatic rings. The van der Waals surface area contributed by atoms with Crippen molar-refractivity contribution in [1.82, 2.24) is 5.32 Å². The van der Waals surface area contributed by atoms with Gasteiger partial charge in [-0.2, -0.15) is 13.2 Å². The molecule has 0 aliphatic rings. The quantitative estimate of drug-likeness (QED) is 0.277. The fourth-order valence-corrected chi connectivity index (χ4v) is 3.50. The zero-order valence-electron chi connectivity index (χ0n) is 20.2. The predicted molar refractivity (Wildman–Crippen MR) is 133 cm³/mol. The minimum Gasteiger partial charge on any atom is -0.478 e. The number of nitrogens with one attached hydrogen (secondary N) is 1. The number of halogens is 5. The van der Waals surface area contributed by atoms with Gasteiger partial charge >= 0.3 is 12.1 Å². The molecule has 0 fully saturated rings. The Morgan fingerprint density at radius 2 is 1.76 bits per heavy atom. The Balaban J connectivity index is 1.74. The summed E-state index contributed by atoms with van der Waals surface area (Å²) in [7, 11) is 0. The zero-order chi connectivity index (χ0) is 28.3. The van der Waals surface area contributed by atoms with Crippen molar-refractivity contribution in [2.75, 3.05) is 0 Å². The topological polar surface area (TPSA) is 84.9 Å². The lowest BCUT2D eigenvalue weighted by atomic mass is 10.1. The van der Waals surface area contributed by atoms with Gasteiger partial charge in [0, 0.05) is 18.2 Å². The summed E-state index contributed by atoms with van der Waals surface area (Å²) >= 11 is 5.85. The highest BCUT2D eigenvalue weighted by Gasteiger charge is 2.31. The highest BCUT2D eigenvalue weighted by Crippen LogP contribution is 2.33. The standard InChI is InChI=1S/C27H22ClF4NO5/c1-4-16-11-19(6-8-23(16)38-26(2,3)25(35)36)37-20-10-15(9-18(29)13-20)14-33-24(34)21-7-5-17(12-22(21)28)27(30,31)32/h4-13H,1,14H2,2-3H3,(H,33,34)(H,35,36). The molecule has 1 amide bonds. The maximum Gasteiger partial charge on any atom is 0.416 e. The van der Waals surface area contributed by atoms with Crippen LogP contribution in [0.2, 0.25) is 5.02 Å². The number of hydrogen-bond acceptors (Lipinski definition) is 4. The van der Waals surface area contributed by atoms with Gasteiger partial charge in [-0.15, -0.1) is 0 Å². The third-order valence-corrected chi connectivity index (χ3v) is 5.55. The summed E-state index contributed by atoms with van der Waals surface area (Å²) < 4.78 is 64.0. The molecule has 0 spiro atoms. The van der Waals surface area contributed by atoms with Gasteiger partial charge < -0.3 is 19.9 Å². The number of alkyl halides is 3. The van der Waals surface area contributed by atoms with Gasteiger partial charge in [0.1, 0.15) is 23.1 Å². The monoisotopic (exact) mass is 551 g/mol. The highest BCUT2D eigenvalue weighted by atomic mass is 35.5. The molecule has 0 aliphatic carbocycles. The minimum atomic E-state index is -4.61. The van der Waals surface area contributed by atoms with Crippen LogP contribution in [0, 0.1) is 5.82 Å². The minimum absolute atomic E-state index is 0.0938. The first kappa shape index (κ1) is 28.5. The number of amides is 1. The van der Waals surface area contributed by atoms with Crippen molar-refractivity contribution in [2.24, 2.45) is 0 Å². The van der Waals surface area contributed by atoms with Crippen molar-refractivity contribution in [3.8, 4) is 17.2 Å². The molecular weight excluding hydrogens is 530 g/mol. The molecule has 0 saturated carbocycles. The summed E-state index contributed by atoms with van der Waals surface area (Å²) in [5, 5.41) is 11.4. The lowest BCUT2D eigenvalue weighted by molar-refractivity contribution is -0.152. The summed E-state index contributed by atoms with van der Waals surface area (Å²) in [6.45, 7) is 6.30. The summed E-state index contributed by atoms with van der Waals surface area (Å²) in [6.07, 6.45) is -3.16. The molecule has 0 heterocycles. The van der Waals surface area contributed by atoms with Crippen LogP contribution in [-0.4, -0.2) is 22.6 Å². The number of carbonyl (C=O) groups excluding carboxylic acids is 1. The summed E-state index contributed by atoms with van der Waals surface area (Å²) in [4.78, 5) is 23.8. The van der Waals surface area contributed by atoms with Crippen LogP contribution in [0.25, 0.3) is 6.08 Å². The fraction of sp³-hybridized carbons (Fsp3) is 0.185. The van der Waals surface area contributed by atoms with Crippen LogP contribution in [0.15, 0.2) is 61.2 Å².